The lowest BCUT2D eigenvalue weighted by Crippen LogP contribution is -1.97. The van der Waals surface area contributed by atoms with Gasteiger partial charge in [-0.3, -0.25) is 0 Å². The van der Waals surface area contributed by atoms with E-state index in [2.05, 4.69) is 93.9 Å². The van der Waals surface area contributed by atoms with Gasteiger partial charge in [-0.15, -0.1) is 12.6 Å². The van der Waals surface area contributed by atoms with Gasteiger partial charge in [0, 0.05) is 21.2 Å². The molecule has 0 aliphatic heterocycles. The number of hydrogen-bond acceptors (Lipinski definition) is 1. The van der Waals surface area contributed by atoms with E-state index in [9.17, 15) is 0 Å². The normalized spacial score (nSPS) is 11.8. The number of rotatable bonds is 5. The number of H-pyrrole nitrogens is 1. The zero-order valence-electron chi connectivity index (χ0n) is 18.3. The maximum atomic E-state index is 5.03. The molecular weight excluding hydrogens is 382 g/mol. The van der Waals surface area contributed by atoms with Crippen LogP contribution in [-0.4, -0.2) is 4.98 Å². The van der Waals surface area contributed by atoms with Crippen molar-refractivity contribution in [2.75, 3.05) is 0 Å². The fourth-order valence-corrected chi connectivity index (χ4v) is 5.03. The molecule has 0 saturated carbocycles. The lowest BCUT2D eigenvalue weighted by Gasteiger charge is -2.19. The van der Waals surface area contributed by atoms with Crippen LogP contribution in [0.15, 0.2) is 66.1 Å². The van der Waals surface area contributed by atoms with Gasteiger partial charge in [-0.2, -0.15) is 0 Å². The molecular formula is C28H29NS. The van der Waals surface area contributed by atoms with Gasteiger partial charge in [0.05, 0.1) is 5.52 Å². The summed E-state index contributed by atoms with van der Waals surface area (Å²) in [4.78, 5) is 4.67. The summed E-state index contributed by atoms with van der Waals surface area (Å²) < 4.78 is 0. The SMILES string of the molecule is C=C(CC/C=C\C)c1c(C)c(-c2ccccc2C)c2c([nH]c3cc(C)ccc32)c1S. The Kier molecular flexibility index (Phi) is 5.62. The molecule has 0 unspecified atom stereocenters. The monoisotopic (exact) mass is 411 g/mol. The van der Waals surface area contributed by atoms with Crippen molar-refractivity contribution < 1.29 is 0 Å². The van der Waals surface area contributed by atoms with Gasteiger partial charge >= 0.3 is 0 Å². The van der Waals surface area contributed by atoms with Crippen LogP contribution in [0, 0.1) is 20.8 Å². The molecule has 30 heavy (non-hydrogen) atoms. The summed E-state index contributed by atoms with van der Waals surface area (Å²) in [6.07, 6.45) is 6.22. The number of aromatic nitrogens is 1. The smallest absolute Gasteiger partial charge is 0.0613 e. The number of allylic oxidation sites excluding steroid dienone is 3. The number of nitrogens with one attached hydrogen (secondary N) is 1. The van der Waals surface area contributed by atoms with E-state index in [0.29, 0.717) is 0 Å². The highest BCUT2D eigenvalue weighted by Crippen LogP contribution is 2.45. The first kappa shape index (κ1) is 20.6. The predicted molar refractivity (Wildman–Crippen MR) is 136 cm³/mol. The van der Waals surface area contributed by atoms with Crippen LogP contribution < -0.4 is 0 Å². The average molecular weight is 412 g/mol. The van der Waals surface area contributed by atoms with Crippen LogP contribution in [0.5, 0.6) is 0 Å². The van der Waals surface area contributed by atoms with E-state index in [1.54, 1.807) is 0 Å². The molecule has 0 fully saturated rings. The standard InChI is InChI=1S/C28H29NS/c1-6-7-8-12-19(4)24-20(5)25(21-13-10-9-11-18(21)3)26-22-15-14-17(2)16-23(22)29-27(26)28(24)30/h6-7,9-11,13-16,29-30H,4,8,12H2,1-3,5H3/b7-6-. The van der Waals surface area contributed by atoms with Gasteiger partial charge in [0.2, 0.25) is 0 Å². The van der Waals surface area contributed by atoms with Crippen LogP contribution in [0.25, 0.3) is 38.5 Å². The summed E-state index contributed by atoms with van der Waals surface area (Å²) >= 11 is 5.03. The first-order valence-corrected chi connectivity index (χ1v) is 11.0. The third kappa shape index (κ3) is 3.40. The Balaban J connectivity index is 2.11. The molecule has 4 rings (SSSR count). The second-order valence-corrected chi connectivity index (χ2v) is 8.62. The number of thiol groups is 1. The molecule has 0 radical (unpaired) electrons. The Labute approximate surface area is 184 Å². The summed E-state index contributed by atoms with van der Waals surface area (Å²) in [5, 5.41) is 2.50. The van der Waals surface area contributed by atoms with Crippen molar-refractivity contribution in [2.45, 2.75) is 45.4 Å². The predicted octanol–water partition coefficient (Wildman–Crippen LogP) is 8.57. The zero-order chi connectivity index (χ0) is 21.4. The molecule has 1 nitrogen and oxygen atoms in total. The van der Waals surface area contributed by atoms with Crippen molar-refractivity contribution in [3.63, 3.8) is 0 Å². The fourth-order valence-electron chi connectivity index (χ4n) is 4.54. The fraction of sp³-hybridized carbons (Fsp3) is 0.214. The molecule has 0 aliphatic rings. The molecule has 1 aromatic heterocycles. The minimum Gasteiger partial charge on any atom is -0.354 e. The van der Waals surface area contributed by atoms with Crippen molar-refractivity contribution in [3.8, 4) is 11.1 Å². The largest absolute Gasteiger partial charge is 0.354 e. The minimum absolute atomic E-state index is 0.927. The van der Waals surface area contributed by atoms with Crippen LogP contribution in [-0.2, 0) is 0 Å². The molecule has 0 bridgehead atoms. The topological polar surface area (TPSA) is 15.8 Å². The maximum Gasteiger partial charge on any atom is 0.0613 e. The Bertz CT molecular complexity index is 1300. The number of aromatic amines is 1. The quantitative estimate of drug-likeness (QED) is 0.242. The molecule has 4 aromatic rings. The van der Waals surface area contributed by atoms with E-state index >= 15 is 0 Å². The number of fused-ring (bicyclic) bond motifs is 3. The Morgan fingerprint density at radius 1 is 1.10 bits per heavy atom. The lowest BCUT2D eigenvalue weighted by molar-refractivity contribution is 1.06. The van der Waals surface area contributed by atoms with Crippen molar-refractivity contribution in [2.24, 2.45) is 0 Å². The third-order valence-corrected chi connectivity index (χ3v) is 6.49. The molecule has 0 saturated heterocycles. The molecule has 1 N–H and O–H groups in total. The second kappa shape index (κ2) is 8.20. The highest BCUT2D eigenvalue weighted by atomic mass is 32.1. The van der Waals surface area contributed by atoms with Crippen LogP contribution in [0.4, 0.5) is 0 Å². The van der Waals surface area contributed by atoms with Crippen LogP contribution >= 0.6 is 12.6 Å². The Hall–Kier alpha value is -2.71. The van der Waals surface area contributed by atoms with Crippen molar-refractivity contribution in [3.05, 3.63) is 83.4 Å². The van der Waals surface area contributed by atoms with E-state index < -0.39 is 0 Å². The summed E-state index contributed by atoms with van der Waals surface area (Å²) in [6.45, 7) is 13.1. The van der Waals surface area contributed by atoms with Gasteiger partial charge in [0.25, 0.3) is 0 Å². The molecule has 3 aromatic carbocycles. The zero-order valence-corrected chi connectivity index (χ0v) is 19.2. The third-order valence-electron chi connectivity index (χ3n) is 6.04. The number of hydrogen-bond donors (Lipinski definition) is 2. The van der Waals surface area contributed by atoms with Gasteiger partial charge in [-0.25, -0.2) is 0 Å². The van der Waals surface area contributed by atoms with Gasteiger partial charge in [-0.1, -0.05) is 55.1 Å². The van der Waals surface area contributed by atoms with E-state index in [-0.39, 0.29) is 0 Å². The molecule has 0 amide bonds. The molecule has 1 heterocycles. The summed E-state index contributed by atoms with van der Waals surface area (Å²) in [5.74, 6) is 0. The number of aryl methyl sites for hydroxylation is 2. The van der Waals surface area contributed by atoms with Crippen molar-refractivity contribution in [1.29, 1.82) is 0 Å². The van der Waals surface area contributed by atoms with Crippen LogP contribution in [0.2, 0.25) is 0 Å². The highest BCUT2D eigenvalue weighted by Gasteiger charge is 2.22. The van der Waals surface area contributed by atoms with E-state index in [0.717, 1.165) is 34.3 Å². The molecule has 0 spiro atoms. The second-order valence-electron chi connectivity index (χ2n) is 8.17. The average Bonchev–Trinajstić information content (AvgIpc) is 3.08. The summed E-state index contributed by atoms with van der Waals surface area (Å²) in [6, 6.07) is 15.3. The minimum atomic E-state index is 0.927. The molecule has 0 atom stereocenters. The van der Waals surface area contributed by atoms with Crippen LogP contribution in [0.1, 0.15) is 42.0 Å². The summed E-state index contributed by atoms with van der Waals surface area (Å²) in [5.41, 5.74) is 10.9. The van der Waals surface area contributed by atoms with Gasteiger partial charge < -0.3 is 4.98 Å². The van der Waals surface area contributed by atoms with E-state index in [4.69, 9.17) is 12.6 Å². The van der Waals surface area contributed by atoms with Gasteiger partial charge in [0.1, 0.15) is 0 Å². The first-order valence-electron chi connectivity index (χ1n) is 10.6. The Morgan fingerprint density at radius 3 is 2.60 bits per heavy atom. The van der Waals surface area contributed by atoms with Crippen LogP contribution in [0.3, 0.4) is 0 Å². The molecule has 0 aliphatic carbocycles. The molecule has 2 heteroatoms. The summed E-state index contributed by atoms with van der Waals surface area (Å²) in [7, 11) is 0. The first-order chi connectivity index (χ1) is 14.4. The number of benzene rings is 3. The Morgan fingerprint density at radius 2 is 1.87 bits per heavy atom. The van der Waals surface area contributed by atoms with Crippen molar-refractivity contribution in [1.82, 2.24) is 4.98 Å². The van der Waals surface area contributed by atoms with E-state index in [1.165, 1.54) is 44.2 Å². The highest BCUT2D eigenvalue weighted by molar-refractivity contribution is 7.80. The van der Waals surface area contributed by atoms with Crippen molar-refractivity contribution >= 4 is 40.0 Å². The molecule has 152 valence electrons. The van der Waals surface area contributed by atoms with E-state index in [1.807, 2.05) is 0 Å². The lowest BCUT2D eigenvalue weighted by atomic mass is 9.86. The van der Waals surface area contributed by atoms with Gasteiger partial charge in [-0.05, 0) is 85.6 Å². The van der Waals surface area contributed by atoms with Gasteiger partial charge in [0.15, 0.2) is 0 Å². The maximum absolute atomic E-state index is 5.03.